The van der Waals surface area contributed by atoms with Crippen molar-refractivity contribution in [2.24, 2.45) is 5.92 Å². The highest BCUT2D eigenvalue weighted by atomic mass is 16.2. The summed E-state index contributed by atoms with van der Waals surface area (Å²) in [4.78, 5) is 33.7. The molecule has 0 aliphatic carbocycles. The minimum Gasteiger partial charge on any atom is -0.354 e. The summed E-state index contributed by atoms with van der Waals surface area (Å²) in [5.74, 6) is -0.867. The molecule has 0 aromatic rings. The normalized spacial score (nSPS) is 10.5. The second-order valence-electron chi connectivity index (χ2n) is 4.64. The van der Waals surface area contributed by atoms with E-state index in [0.717, 1.165) is 0 Å². The van der Waals surface area contributed by atoms with Gasteiger partial charge in [0.2, 0.25) is 17.7 Å². The predicted molar refractivity (Wildman–Crippen MR) is 65.1 cm³/mol. The van der Waals surface area contributed by atoms with E-state index in [1.165, 1.54) is 0 Å². The molecule has 0 aliphatic rings. The third-order valence-corrected chi connectivity index (χ3v) is 2.04. The largest absolute Gasteiger partial charge is 0.354 e. The van der Waals surface area contributed by atoms with Gasteiger partial charge in [0.05, 0.1) is 0 Å². The van der Waals surface area contributed by atoms with Gasteiger partial charge in [0, 0.05) is 24.8 Å². The summed E-state index contributed by atoms with van der Waals surface area (Å²) in [5, 5.41) is 5.02. The number of nitrogens with one attached hydrogen (secondary N) is 2. The van der Waals surface area contributed by atoms with Gasteiger partial charge in [-0.3, -0.25) is 19.7 Å². The van der Waals surface area contributed by atoms with Crippen molar-refractivity contribution in [2.45, 2.75) is 53.0 Å². The van der Waals surface area contributed by atoms with Gasteiger partial charge in [0.15, 0.2) is 0 Å². The first-order chi connectivity index (χ1) is 7.82. The van der Waals surface area contributed by atoms with Crippen molar-refractivity contribution in [1.29, 1.82) is 0 Å². The van der Waals surface area contributed by atoms with E-state index in [2.05, 4.69) is 10.6 Å². The molecular formula is C12H22N2O3. The molecule has 0 heterocycles. The lowest BCUT2D eigenvalue weighted by molar-refractivity contribution is -0.132. The molecule has 3 amide bonds. The van der Waals surface area contributed by atoms with Gasteiger partial charge in [-0.25, -0.2) is 0 Å². The minimum atomic E-state index is -0.318. The molecule has 0 radical (unpaired) electrons. The zero-order chi connectivity index (χ0) is 13.4. The Kier molecular flexibility index (Phi) is 7.18. The highest BCUT2D eigenvalue weighted by Gasteiger charge is 2.11. The Balaban J connectivity index is 3.72. The van der Waals surface area contributed by atoms with Gasteiger partial charge in [0.25, 0.3) is 0 Å². The first-order valence-corrected chi connectivity index (χ1v) is 5.96. The maximum Gasteiger partial charge on any atom is 0.229 e. The number of hydrogen-bond acceptors (Lipinski definition) is 3. The van der Waals surface area contributed by atoms with Crippen LogP contribution < -0.4 is 10.6 Å². The van der Waals surface area contributed by atoms with E-state index >= 15 is 0 Å². The zero-order valence-electron chi connectivity index (χ0n) is 11.0. The minimum absolute atomic E-state index is 0.0667. The van der Waals surface area contributed by atoms with Crippen molar-refractivity contribution in [3.05, 3.63) is 0 Å². The van der Waals surface area contributed by atoms with Gasteiger partial charge in [0.1, 0.15) is 0 Å². The zero-order valence-corrected chi connectivity index (χ0v) is 11.0. The van der Waals surface area contributed by atoms with Crippen LogP contribution >= 0.6 is 0 Å². The molecule has 2 N–H and O–H groups in total. The molecule has 98 valence electrons. The second kappa shape index (κ2) is 7.81. The van der Waals surface area contributed by atoms with Gasteiger partial charge >= 0.3 is 0 Å². The van der Waals surface area contributed by atoms with Crippen LogP contribution in [0.25, 0.3) is 0 Å². The summed E-state index contributed by atoms with van der Waals surface area (Å²) in [5.41, 5.74) is 0. The molecule has 0 unspecified atom stereocenters. The lowest BCUT2D eigenvalue weighted by Crippen LogP contribution is -2.34. The molecule has 0 aliphatic heterocycles. The van der Waals surface area contributed by atoms with Gasteiger partial charge in [-0.15, -0.1) is 0 Å². The number of imide groups is 1. The molecule has 17 heavy (non-hydrogen) atoms. The third kappa shape index (κ3) is 8.42. The summed E-state index contributed by atoms with van der Waals surface area (Å²) in [6, 6.07) is 0.110. The van der Waals surface area contributed by atoms with Crippen molar-refractivity contribution in [3.8, 4) is 0 Å². The van der Waals surface area contributed by atoms with Crippen molar-refractivity contribution in [1.82, 2.24) is 10.6 Å². The molecular weight excluding hydrogens is 220 g/mol. The van der Waals surface area contributed by atoms with Crippen molar-refractivity contribution in [2.75, 3.05) is 0 Å². The molecule has 0 aromatic carbocycles. The highest BCUT2D eigenvalue weighted by Crippen LogP contribution is 1.97. The molecule has 0 saturated heterocycles. The maximum atomic E-state index is 11.3. The molecule has 0 aromatic heterocycles. The van der Waals surface area contributed by atoms with Gasteiger partial charge < -0.3 is 5.32 Å². The Morgan fingerprint density at radius 2 is 1.47 bits per heavy atom. The van der Waals surface area contributed by atoms with Crippen LogP contribution in [0, 0.1) is 5.92 Å². The Morgan fingerprint density at radius 3 is 1.94 bits per heavy atom. The van der Waals surface area contributed by atoms with Crippen LogP contribution in [0.3, 0.4) is 0 Å². The summed E-state index contributed by atoms with van der Waals surface area (Å²) < 4.78 is 0. The number of amides is 3. The van der Waals surface area contributed by atoms with Crippen LogP contribution in [0.1, 0.15) is 47.0 Å². The SMILES string of the molecule is CC(C)NC(=O)CCCC(=O)NC(=O)C(C)C. The van der Waals surface area contributed by atoms with Crippen LogP contribution in [0.5, 0.6) is 0 Å². The lowest BCUT2D eigenvalue weighted by atomic mass is 10.2. The number of carbonyl (C=O) groups is 3. The van der Waals surface area contributed by atoms with Crippen LogP contribution in [0.4, 0.5) is 0 Å². The van der Waals surface area contributed by atoms with Crippen LogP contribution in [-0.4, -0.2) is 23.8 Å². The van der Waals surface area contributed by atoms with E-state index in [-0.39, 0.29) is 36.1 Å². The van der Waals surface area contributed by atoms with Gasteiger partial charge in [-0.1, -0.05) is 13.8 Å². The fourth-order valence-corrected chi connectivity index (χ4v) is 1.15. The van der Waals surface area contributed by atoms with E-state index in [9.17, 15) is 14.4 Å². The Morgan fingerprint density at radius 1 is 0.941 bits per heavy atom. The lowest BCUT2D eigenvalue weighted by Gasteiger charge is -2.08. The molecule has 0 atom stereocenters. The predicted octanol–water partition coefficient (Wildman–Crippen LogP) is 0.980. The van der Waals surface area contributed by atoms with E-state index in [0.29, 0.717) is 12.8 Å². The summed E-state index contributed by atoms with van der Waals surface area (Å²) >= 11 is 0. The van der Waals surface area contributed by atoms with E-state index < -0.39 is 0 Å². The van der Waals surface area contributed by atoms with E-state index in [4.69, 9.17) is 0 Å². The Bertz CT molecular complexity index is 285. The quantitative estimate of drug-likeness (QED) is 0.729. The molecule has 5 nitrogen and oxygen atoms in total. The van der Waals surface area contributed by atoms with Crippen molar-refractivity contribution >= 4 is 17.7 Å². The number of hydrogen-bond donors (Lipinski definition) is 2. The molecule has 5 heteroatoms. The van der Waals surface area contributed by atoms with Gasteiger partial charge in [-0.05, 0) is 20.3 Å². The molecule has 0 fully saturated rings. The van der Waals surface area contributed by atoms with Crippen LogP contribution in [0.15, 0.2) is 0 Å². The number of rotatable bonds is 6. The standard InChI is InChI=1S/C12H22N2O3/c1-8(2)12(17)14-11(16)7-5-6-10(15)13-9(3)4/h8-9H,5-7H2,1-4H3,(H,13,15)(H,14,16,17). The fourth-order valence-electron chi connectivity index (χ4n) is 1.15. The average molecular weight is 242 g/mol. The first-order valence-electron chi connectivity index (χ1n) is 5.96. The smallest absolute Gasteiger partial charge is 0.229 e. The van der Waals surface area contributed by atoms with Crippen molar-refractivity contribution in [3.63, 3.8) is 0 Å². The van der Waals surface area contributed by atoms with Gasteiger partial charge in [-0.2, -0.15) is 0 Å². The average Bonchev–Trinajstić information content (AvgIpc) is 2.15. The molecule has 0 rings (SSSR count). The third-order valence-electron chi connectivity index (χ3n) is 2.04. The van der Waals surface area contributed by atoms with E-state index in [1.807, 2.05) is 13.8 Å². The molecule has 0 saturated carbocycles. The van der Waals surface area contributed by atoms with Crippen LogP contribution in [0.2, 0.25) is 0 Å². The molecule has 0 spiro atoms. The van der Waals surface area contributed by atoms with Crippen LogP contribution in [-0.2, 0) is 14.4 Å². The van der Waals surface area contributed by atoms with Crippen molar-refractivity contribution < 1.29 is 14.4 Å². The number of carbonyl (C=O) groups excluding carboxylic acids is 3. The fraction of sp³-hybridized carbons (Fsp3) is 0.750. The Hall–Kier alpha value is -1.39. The molecule has 0 bridgehead atoms. The van der Waals surface area contributed by atoms with E-state index in [1.54, 1.807) is 13.8 Å². The first kappa shape index (κ1) is 15.6. The second-order valence-corrected chi connectivity index (χ2v) is 4.64. The highest BCUT2D eigenvalue weighted by molar-refractivity contribution is 5.96. The summed E-state index contributed by atoms with van der Waals surface area (Å²) in [6.45, 7) is 7.20. The Labute approximate surface area is 102 Å². The maximum absolute atomic E-state index is 11.3. The topological polar surface area (TPSA) is 75.3 Å². The summed E-state index contributed by atoms with van der Waals surface area (Å²) in [6.07, 6.45) is 0.960. The summed E-state index contributed by atoms with van der Waals surface area (Å²) in [7, 11) is 0. The monoisotopic (exact) mass is 242 g/mol.